The Morgan fingerprint density at radius 2 is 0.703 bits per heavy atom. The Hall–Kier alpha value is -0.990. The van der Waals surface area contributed by atoms with Gasteiger partial charge in [0.25, 0.3) is 0 Å². The van der Waals surface area contributed by atoms with Gasteiger partial charge in [-0.3, -0.25) is 18.6 Å². The van der Waals surface area contributed by atoms with Crippen molar-refractivity contribution >= 4 is 19.8 Å². The molecule has 0 rings (SSSR count). The minimum absolute atomic E-state index is 0.0364. The van der Waals surface area contributed by atoms with E-state index >= 15 is 0 Å². The number of nitrogens with zero attached hydrogens (tertiary/aromatic N) is 1. The first kappa shape index (κ1) is 63.0. The normalized spacial score (nSPS) is 13.3. The smallest absolute Gasteiger partial charge is 0.462 e. The van der Waals surface area contributed by atoms with Gasteiger partial charge in [-0.2, -0.15) is 0 Å². The molecule has 0 aliphatic carbocycles. The summed E-state index contributed by atoms with van der Waals surface area (Å²) in [4.78, 5) is 35.2. The molecule has 0 bridgehead atoms. The van der Waals surface area contributed by atoms with Gasteiger partial charge >= 0.3 is 19.8 Å². The maximum atomic E-state index is 12.7. The van der Waals surface area contributed by atoms with E-state index in [1.807, 2.05) is 21.1 Å². The first-order valence-electron chi connectivity index (χ1n) is 27.8. The van der Waals surface area contributed by atoms with Crippen LogP contribution in [0.1, 0.15) is 284 Å². The van der Waals surface area contributed by atoms with Gasteiger partial charge in [-0.05, 0) is 12.8 Å². The highest BCUT2D eigenvalue weighted by molar-refractivity contribution is 7.47. The summed E-state index contributed by atoms with van der Waals surface area (Å²) in [5.41, 5.74) is 0. The molecule has 1 N–H and O–H groups in total. The summed E-state index contributed by atoms with van der Waals surface area (Å²) in [6.07, 6.45) is 52.4. The van der Waals surface area contributed by atoms with E-state index in [2.05, 4.69) is 13.8 Å². The highest BCUT2D eigenvalue weighted by Gasteiger charge is 2.27. The standard InChI is InChI=1S/C54H108NO8P/c1-6-8-10-12-14-15-16-17-18-19-20-21-22-23-24-25-26-27-28-29-30-31-32-33-34-35-36-37-38-39-40-41-43-45-47-54(57)63-52(50-60-53(56)46-44-42-13-11-9-7-2)51-62-64(58,59)61-49-48-55(3,4)5/h52H,6-51H2,1-5H3/p+1. The molecule has 0 radical (unpaired) electrons. The zero-order chi connectivity index (χ0) is 47.1. The minimum Gasteiger partial charge on any atom is -0.462 e. The molecule has 0 aliphatic rings. The second kappa shape index (κ2) is 47.1. The van der Waals surface area contributed by atoms with Gasteiger partial charge in [-0.1, -0.05) is 258 Å². The van der Waals surface area contributed by atoms with Crippen LogP contribution in [0.3, 0.4) is 0 Å². The third-order valence-electron chi connectivity index (χ3n) is 12.6. The molecule has 64 heavy (non-hydrogen) atoms. The third-order valence-corrected chi connectivity index (χ3v) is 13.6. The summed E-state index contributed by atoms with van der Waals surface area (Å²) < 4.78 is 34.2. The summed E-state index contributed by atoms with van der Waals surface area (Å²) in [7, 11) is 1.49. The van der Waals surface area contributed by atoms with Gasteiger partial charge in [0, 0.05) is 12.8 Å². The predicted octanol–water partition coefficient (Wildman–Crippen LogP) is 16.7. The molecule has 2 unspecified atom stereocenters. The fourth-order valence-electron chi connectivity index (χ4n) is 8.31. The Bertz CT molecular complexity index is 1050. The Kier molecular flexibility index (Phi) is 46.4. The first-order chi connectivity index (χ1) is 31.0. The fraction of sp³-hybridized carbons (Fsp3) is 0.963. The van der Waals surface area contributed by atoms with E-state index in [9.17, 15) is 19.0 Å². The van der Waals surface area contributed by atoms with Crippen LogP contribution in [0.2, 0.25) is 0 Å². The molecule has 0 spiro atoms. The average Bonchev–Trinajstić information content (AvgIpc) is 3.25. The predicted molar refractivity (Wildman–Crippen MR) is 271 cm³/mol. The largest absolute Gasteiger partial charge is 0.472 e. The highest BCUT2D eigenvalue weighted by Crippen LogP contribution is 2.43. The quantitative estimate of drug-likeness (QED) is 0.0278. The molecular weight excluding hydrogens is 822 g/mol. The van der Waals surface area contributed by atoms with Crippen LogP contribution in [0.4, 0.5) is 0 Å². The lowest BCUT2D eigenvalue weighted by atomic mass is 10.0. The van der Waals surface area contributed by atoms with Crippen molar-refractivity contribution < 1.29 is 42.1 Å². The van der Waals surface area contributed by atoms with Crippen molar-refractivity contribution in [3.05, 3.63) is 0 Å². The van der Waals surface area contributed by atoms with Crippen molar-refractivity contribution in [3.63, 3.8) is 0 Å². The summed E-state index contributed by atoms with van der Waals surface area (Å²) in [5, 5.41) is 0. The zero-order valence-electron chi connectivity index (χ0n) is 43.3. The molecule has 382 valence electrons. The monoisotopic (exact) mass is 931 g/mol. The van der Waals surface area contributed by atoms with Crippen LogP contribution >= 0.6 is 7.82 Å². The summed E-state index contributed by atoms with van der Waals surface area (Å²) in [6.45, 7) is 4.40. The summed E-state index contributed by atoms with van der Waals surface area (Å²) >= 11 is 0. The number of carbonyl (C=O) groups is 2. The van der Waals surface area contributed by atoms with Crippen molar-refractivity contribution in [1.82, 2.24) is 0 Å². The third kappa shape index (κ3) is 50.4. The molecule has 0 aromatic rings. The number of unbranched alkanes of at least 4 members (excludes halogenated alkanes) is 38. The van der Waals surface area contributed by atoms with E-state index < -0.39 is 26.5 Å². The topological polar surface area (TPSA) is 108 Å². The molecule has 0 aromatic carbocycles. The first-order valence-corrected chi connectivity index (χ1v) is 29.3. The lowest BCUT2D eigenvalue weighted by molar-refractivity contribution is -0.870. The van der Waals surface area contributed by atoms with Crippen molar-refractivity contribution in [2.24, 2.45) is 0 Å². The maximum Gasteiger partial charge on any atom is 0.472 e. The van der Waals surface area contributed by atoms with E-state index in [1.165, 1.54) is 218 Å². The maximum absolute atomic E-state index is 12.7. The van der Waals surface area contributed by atoms with E-state index in [0.717, 1.165) is 38.5 Å². The minimum atomic E-state index is -4.36. The number of carbonyl (C=O) groups excluding carboxylic acids is 2. The molecule has 9 nitrogen and oxygen atoms in total. The van der Waals surface area contributed by atoms with E-state index in [-0.39, 0.29) is 25.6 Å². The molecule has 0 aromatic heterocycles. The molecular formula is C54H109NO8P+. The number of ether oxygens (including phenoxy) is 2. The molecule has 0 aliphatic heterocycles. The Morgan fingerprint density at radius 3 is 1.00 bits per heavy atom. The van der Waals surface area contributed by atoms with Gasteiger partial charge in [0.05, 0.1) is 27.7 Å². The van der Waals surface area contributed by atoms with Gasteiger partial charge in [0.1, 0.15) is 19.8 Å². The van der Waals surface area contributed by atoms with Crippen LogP contribution < -0.4 is 0 Å². The van der Waals surface area contributed by atoms with Gasteiger partial charge in [0.15, 0.2) is 6.10 Å². The number of hydrogen-bond donors (Lipinski definition) is 1. The number of hydrogen-bond acceptors (Lipinski definition) is 7. The number of esters is 2. The SMILES string of the molecule is CCCCCCCCCCCCCCCCCCCCCCCCCCCCCCCCCCCCC(=O)OC(COC(=O)CCCCCCCC)COP(=O)(O)OCC[N+](C)(C)C. The van der Waals surface area contributed by atoms with Crippen LogP contribution in [-0.2, 0) is 32.7 Å². The van der Waals surface area contributed by atoms with Crippen molar-refractivity contribution in [2.45, 2.75) is 290 Å². The summed E-state index contributed by atoms with van der Waals surface area (Å²) in [6, 6.07) is 0. The van der Waals surface area contributed by atoms with Gasteiger partial charge in [0.2, 0.25) is 0 Å². The van der Waals surface area contributed by atoms with Crippen molar-refractivity contribution in [3.8, 4) is 0 Å². The van der Waals surface area contributed by atoms with Crippen LogP contribution in [0.15, 0.2) is 0 Å². The lowest BCUT2D eigenvalue weighted by Gasteiger charge is -2.24. The van der Waals surface area contributed by atoms with Crippen LogP contribution in [0.25, 0.3) is 0 Å². The highest BCUT2D eigenvalue weighted by atomic mass is 31.2. The van der Waals surface area contributed by atoms with Gasteiger partial charge in [-0.15, -0.1) is 0 Å². The van der Waals surface area contributed by atoms with Gasteiger partial charge in [-0.25, -0.2) is 4.57 Å². The van der Waals surface area contributed by atoms with Crippen LogP contribution in [-0.4, -0.2) is 74.9 Å². The number of phosphoric acid groups is 1. The average molecular weight is 931 g/mol. The van der Waals surface area contributed by atoms with Crippen LogP contribution in [0.5, 0.6) is 0 Å². The van der Waals surface area contributed by atoms with E-state index in [0.29, 0.717) is 17.4 Å². The molecule has 0 heterocycles. The Morgan fingerprint density at radius 1 is 0.422 bits per heavy atom. The Labute approximate surface area is 397 Å². The van der Waals surface area contributed by atoms with Crippen LogP contribution in [0, 0.1) is 0 Å². The Balaban J connectivity index is 3.78. The summed E-state index contributed by atoms with van der Waals surface area (Å²) in [5.74, 6) is -0.792. The molecule has 0 amide bonds. The lowest BCUT2D eigenvalue weighted by Crippen LogP contribution is -2.37. The fourth-order valence-corrected chi connectivity index (χ4v) is 9.05. The van der Waals surface area contributed by atoms with E-state index in [1.54, 1.807) is 0 Å². The number of likely N-dealkylation sites (N-methyl/N-ethyl adjacent to an activating group) is 1. The molecule has 2 atom stereocenters. The second-order valence-corrected chi connectivity index (χ2v) is 21.8. The number of quaternary nitrogens is 1. The second-order valence-electron chi connectivity index (χ2n) is 20.3. The molecule has 10 heteroatoms. The molecule has 0 saturated carbocycles. The van der Waals surface area contributed by atoms with Gasteiger partial charge < -0.3 is 18.9 Å². The molecule has 0 fully saturated rings. The zero-order valence-corrected chi connectivity index (χ0v) is 44.2. The number of rotatable bonds is 52. The van der Waals surface area contributed by atoms with Crippen molar-refractivity contribution in [2.75, 3.05) is 47.5 Å². The molecule has 0 saturated heterocycles. The van der Waals surface area contributed by atoms with Crippen molar-refractivity contribution in [1.29, 1.82) is 0 Å². The number of phosphoric ester groups is 1. The van der Waals surface area contributed by atoms with E-state index in [4.69, 9.17) is 18.5 Å².